The first-order valence-electron chi connectivity index (χ1n) is 6.36. The smallest absolute Gasteiger partial charge is 0.329 e. The van der Waals surface area contributed by atoms with Gasteiger partial charge in [0.2, 0.25) is 0 Å². The molecule has 0 N–H and O–H groups in total. The molecule has 0 saturated carbocycles. The number of piperazine rings is 1. The molecule has 0 radical (unpaired) electrons. The maximum Gasteiger partial charge on any atom is 0.329 e. The highest BCUT2D eigenvalue weighted by Crippen LogP contribution is 2.10. The fourth-order valence-corrected chi connectivity index (χ4v) is 2.19. The number of carbonyl (C=O) groups excluding carboxylic acids is 2. The van der Waals surface area contributed by atoms with Crippen LogP contribution in [0.15, 0.2) is 41.5 Å². The molecule has 3 heterocycles. The molecule has 1 aliphatic heterocycles. The van der Waals surface area contributed by atoms with Gasteiger partial charge in [-0.3, -0.25) is 9.36 Å². The van der Waals surface area contributed by atoms with Crippen LogP contribution in [0.3, 0.4) is 0 Å². The first-order valence-corrected chi connectivity index (χ1v) is 6.36. The van der Waals surface area contributed by atoms with Crippen molar-refractivity contribution in [2.24, 2.45) is 0 Å². The summed E-state index contributed by atoms with van der Waals surface area (Å²) < 4.78 is 6.53. The van der Waals surface area contributed by atoms with Gasteiger partial charge in [0.15, 0.2) is 5.76 Å². The van der Waals surface area contributed by atoms with Crippen molar-refractivity contribution in [3.63, 3.8) is 0 Å². The summed E-state index contributed by atoms with van der Waals surface area (Å²) in [6, 6.07) is 3.21. The van der Waals surface area contributed by atoms with Gasteiger partial charge in [0.25, 0.3) is 5.91 Å². The van der Waals surface area contributed by atoms with E-state index in [4.69, 9.17) is 4.42 Å². The first-order chi connectivity index (χ1) is 9.75. The van der Waals surface area contributed by atoms with Crippen LogP contribution in [0.5, 0.6) is 0 Å². The quantitative estimate of drug-likeness (QED) is 0.774. The van der Waals surface area contributed by atoms with Crippen LogP contribution in [-0.2, 0) is 0 Å². The summed E-state index contributed by atoms with van der Waals surface area (Å²) >= 11 is 0. The molecule has 2 aromatic rings. The summed E-state index contributed by atoms with van der Waals surface area (Å²) in [5.74, 6) is 0.198. The zero-order valence-electron chi connectivity index (χ0n) is 10.8. The highest BCUT2D eigenvalue weighted by Gasteiger charge is 2.26. The van der Waals surface area contributed by atoms with Gasteiger partial charge in [-0.2, -0.15) is 0 Å². The minimum absolute atomic E-state index is 0.118. The van der Waals surface area contributed by atoms with Gasteiger partial charge in [-0.15, -0.1) is 0 Å². The van der Waals surface area contributed by atoms with E-state index in [1.807, 2.05) is 0 Å². The molecule has 0 aromatic carbocycles. The molecule has 2 amide bonds. The highest BCUT2D eigenvalue weighted by molar-refractivity contribution is 5.91. The normalized spacial score (nSPS) is 15.4. The van der Waals surface area contributed by atoms with Crippen LogP contribution in [0, 0.1) is 0 Å². The van der Waals surface area contributed by atoms with Crippen LogP contribution < -0.4 is 0 Å². The van der Waals surface area contributed by atoms with Crippen LogP contribution in [0.25, 0.3) is 0 Å². The monoisotopic (exact) mass is 274 g/mol. The topological polar surface area (TPSA) is 71.6 Å². The molecule has 2 aromatic heterocycles. The van der Waals surface area contributed by atoms with Crippen LogP contribution in [0.4, 0.5) is 4.79 Å². The predicted molar refractivity (Wildman–Crippen MR) is 69.2 cm³/mol. The molecule has 0 bridgehead atoms. The van der Waals surface area contributed by atoms with Crippen molar-refractivity contribution in [2.75, 3.05) is 26.2 Å². The minimum atomic E-state index is -0.135. The maximum atomic E-state index is 12.1. The zero-order valence-corrected chi connectivity index (χ0v) is 10.8. The standard InChI is InChI=1S/C13H14N4O3/c18-12(11-2-1-9-20-11)15-5-7-16(8-6-15)13(19)17-4-3-14-10-17/h1-4,9-10H,5-8H2. The van der Waals surface area contributed by atoms with Crippen molar-refractivity contribution < 1.29 is 14.0 Å². The van der Waals surface area contributed by atoms with Crippen molar-refractivity contribution in [2.45, 2.75) is 0 Å². The van der Waals surface area contributed by atoms with Gasteiger partial charge < -0.3 is 14.2 Å². The van der Waals surface area contributed by atoms with Crippen LogP contribution in [-0.4, -0.2) is 57.5 Å². The van der Waals surface area contributed by atoms with E-state index in [-0.39, 0.29) is 11.9 Å². The Bertz CT molecular complexity index is 529. The van der Waals surface area contributed by atoms with Crippen molar-refractivity contribution in [3.8, 4) is 0 Å². The van der Waals surface area contributed by atoms with Gasteiger partial charge in [0.1, 0.15) is 6.33 Å². The molecule has 0 unspecified atom stereocenters. The van der Waals surface area contributed by atoms with Crippen LogP contribution >= 0.6 is 0 Å². The number of carbonyl (C=O) groups is 2. The van der Waals surface area contributed by atoms with Gasteiger partial charge in [-0.1, -0.05) is 0 Å². The van der Waals surface area contributed by atoms with E-state index in [1.165, 1.54) is 17.2 Å². The Balaban J connectivity index is 1.60. The fourth-order valence-electron chi connectivity index (χ4n) is 2.19. The summed E-state index contributed by atoms with van der Waals surface area (Å²) in [5.41, 5.74) is 0. The Labute approximate surface area is 115 Å². The maximum absolute atomic E-state index is 12.1. The molecule has 0 aliphatic carbocycles. The Morgan fingerprint density at radius 3 is 2.50 bits per heavy atom. The minimum Gasteiger partial charge on any atom is -0.459 e. The van der Waals surface area contributed by atoms with Gasteiger partial charge in [-0.05, 0) is 12.1 Å². The molecular formula is C13H14N4O3. The SMILES string of the molecule is O=C(c1ccco1)N1CCN(C(=O)n2ccnc2)CC1. The summed E-state index contributed by atoms with van der Waals surface area (Å²) in [5, 5.41) is 0. The number of nitrogens with zero attached hydrogens (tertiary/aromatic N) is 4. The average molecular weight is 274 g/mol. The Kier molecular flexibility index (Phi) is 3.24. The highest BCUT2D eigenvalue weighted by atomic mass is 16.3. The molecule has 104 valence electrons. The molecule has 3 rings (SSSR count). The second-order valence-electron chi connectivity index (χ2n) is 4.51. The lowest BCUT2D eigenvalue weighted by molar-refractivity contribution is 0.0635. The van der Waals surface area contributed by atoms with E-state index in [2.05, 4.69) is 4.98 Å². The fraction of sp³-hybridized carbons (Fsp3) is 0.308. The molecule has 0 atom stereocenters. The molecule has 1 saturated heterocycles. The van der Waals surface area contributed by atoms with Crippen molar-refractivity contribution in [1.29, 1.82) is 0 Å². The largest absolute Gasteiger partial charge is 0.459 e. The average Bonchev–Trinajstić information content (AvgIpc) is 3.18. The Morgan fingerprint density at radius 1 is 1.15 bits per heavy atom. The molecule has 7 nitrogen and oxygen atoms in total. The number of furan rings is 1. The van der Waals surface area contributed by atoms with Crippen LogP contribution in [0.2, 0.25) is 0 Å². The van der Waals surface area contributed by atoms with Crippen molar-refractivity contribution >= 4 is 11.9 Å². The summed E-state index contributed by atoms with van der Waals surface area (Å²) in [6.07, 6.45) is 6.13. The van der Waals surface area contributed by atoms with E-state index in [0.29, 0.717) is 31.9 Å². The number of hydrogen-bond donors (Lipinski definition) is 0. The third kappa shape index (κ3) is 2.29. The number of rotatable bonds is 1. The van der Waals surface area contributed by atoms with Gasteiger partial charge >= 0.3 is 6.03 Å². The van der Waals surface area contributed by atoms with E-state index in [1.54, 1.807) is 34.3 Å². The van der Waals surface area contributed by atoms with Gasteiger partial charge in [-0.25, -0.2) is 9.78 Å². The molecule has 7 heteroatoms. The number of amides is 2. The second kappa shape index (κ2) is 5.20. The molecule has 0 spiro atoms. The molecule has 20 heavy (non-hydrogen) atoms. The number of hydrogen-bond acceptors (Lipinski definition) is 4. The molecule has 1 aliphatic rings. The molecular weight excluding hydrogens is 260 g/mol. The lowest BCUT2D eigenvalue weighted by Crippen LogP contribution is -2.51. The Morgan fingerprint density at radius 2 is 1.90 bits per heavy atom. The van der Waals surface area contributed by atoms with E-state index in [0.717, 1.165) is 0 Å². The number of aromatic nitrogens is 2. The van der Waals surface area contributed by atoms with Crippen molar-refractivity contribution in [3.05, 3.63) is 42.9 Å². The zero-order chi connectivity index (χ0) is 13.9. The number of imidazole rings is 1. The van der Waals surface area contributed by atoms with E-state index >= 15 is 0 Å². The lowest BCUT2D eigenvalue weighted by Gasteiger charge is -2.34. The first kappa shape index (κ1) is 12.5. The van der Waals surface area contributed by atoms with Crippen molar-refractivity contribution in [1.82, 2.24) is 19.4 Å². The van der Waals surface area contributed by atoms with E-state index in [9.17, 15) is 9.59 Å². The second-order valence-corrected chi connectivity index (χ2v) is 4.51. The van der Waals surface area contributed by atoms with Crippen LogP contribution in [0.1, 0.15) is 10.6 Å². The lowest BCUT2D eigenvalue weighted by atomic mass is 10.3. The summed E-state index contributed by atoms with van der Waals surface area (Å²) in [6.45, 7) is 2.01. The molecule has 1 fully saturated rings. The summed E-state index contributed by atoms with van der Waals surface area (Å²) in [4.78, 5) is 31.4. The van der Waals surface area contributed by atoms with E-state index < -0.39 is 0 Å². The van der Waals surface area contributed by atoms with Gasteiger partial charge in [0.05, 0.1) is 6.26 Å². The Hall–Kier alpha value is -2.57. The van der Waals surface area contributed by atoms with Gasteiger partial charge in [0, 0.05) is 38.6 Å². The third-order valence-electron chi connectivity index (χ3n) is 3.29. The summed E-state index contributed by atoms with van der Waals surface area (Å²) in [7, 11) is 0. The predicted octanol–water partition coefficient (Wildman–Crippen LogP) is 0.902. The third-order valence-corrected chi connectivity index (χ3v) is 3.29.